The molecule has 0 fully saturated rings. The van der Waals surface area contributed by atoms with Crippen LogP contribution in [-0.2, 0) is 11.3 Å². The molecule has 0 saturated heterocycles. The second-order valence-electron chi connectivity index (χ2n) is 8.58. The van der Waals surface area contributed by atoms with Gasteiger partial charge in [0.25, 0.3) is 5.56 Å². The van der Waals surface area contributed by atoms with Gasteiger partial charge in [0.2, 0.25) is 11.7 Å². The highest BCUT2D eigenvalue weighted by Crippen LogP contribution is 2.22. The van der Waals surface area contributed by atoms with Crippen LogP contribution in [0.1, 0.15) is 41.0 Å². The summed E-state index contributed by atoms with van der Waals surface area (Å²) in [5.41, 5.74) is -0.318. The van der Waals surface area contributed by atoms with Crippen LogP contribution in [0.3, 0.4) is 0 Å². The number of hydrogen-bond donors (Lipinski definition) is 1. The molecule has 1 amide bonds. The van der Waals surface area contributed by atoms with Crippen LogP contribution in [0.15, 0.2) is 34.2 Å². The molecule has 0 aliphatic heterocycles. The van der Waals surface area contributed by atoms with E-state index in [1.165, 1.54) is 11.8 Å². The average molecular weight is 441 g/mol. The Balaban J connectivity index is 1.97. The Morgan fingerprint density at radius 3 is 2.61 bits per heavy atom. The van der Waals surface area contributed by atoms with Crippen molar-refractivity contribution >= 4 is 34.3 Å². The molecule has 1 unspecified atom stereocenters. The molecule has 0 spiro atoms. The zero-order valence-corrected chi connectivity index (χ0v) is 19.4. The summed E-state index contributed by atoms with van der Waals surface area (Å²) in [6.45, 7) is 10.3. The fraction of sp³-hybridized carbons (Fsp3) is 0.500. The number of benzene rings is 1. The quantitative estimate of drug-likeness (QED) is 0.539. The van der Waals surface area contributed by atoms with E-state index in [4.69, 9.17) is 0 Å². The minimum atomic E-state index is -0.936. The normalized spacial score (nSPS) is 13.6. The second kappa shape index (κ2) is 9.10. The first-order chi connectivity index (χ1) is 14.7. The van der Waals surface area contributed by atoms with Crippen molar-refractivity contribution in [2.24, 2.45) is 11.8 Å². The van der Waals surface area contributed by atoms with E-state index >= 15 is 0 Å². The number of nitrogens with one attached hydrogen (secondary N) is 1. The Morgan fingerprint density at radius 2 is 1.97 bits per heavy atom. The van der Waals surface area contributed by atoms with Crippen molar-refractivity contribution in [3.05, 3.63) is 34.6 Å². The molecule has 2 heterocycles. The summed E-state index contributed by atoms with van der Waals surface area (Å²) in [6, 6.07) is 9.53. The lowest BCUT2D eigenvalue weighted by molar-refractivity contribution is -0.120. The van der Waals surface area contributed by atoms with Gasteiger partial charge >= 0.3 is 0 Å². The second-order valence-corrected chi connectivity index (χ2v) is 9.52. The monoisotopic (exact) mass is 440 g/mol. The highest BCUT2D eigenvalue weighted by molar-refractivity contribution is 7.99. The summed E-state index contributed by atoms with van der Waals surface area (Å²) in [5, 5.41) is 21.9. The van der Waals surface area contributed by atoms with Crippen molar-refractivity contribution < 1.29 is 4.79 Å². The highest BCUT2D eigenvalue weighted by atomic mass is 32.2. The maximum atomic E-state index is 13.1. The maximum Gasteiger partial charge on any atom is 0.262 e. The first-order valence-corrected chi connectivity index (χ1v) is 11.4. The van der Waals surface area contributed by atoms with Crippen molar-refractivity contribution in [1.29, 1.82) is 5.26 Å². The molecular weight excluding hydrogens is 412 g/mol. The standard InChI is InChI=1S/C22H28N6O2S/c1-14(2)10-11-27-19(30)16-8-6-7-9-17(16)28-20(27)25-26-21(28)31-12-18(29)24-22(5,13-23)15(3)4/h6-9,14-15H,10-12H2,1-5H3,(H,24,29). The number of para-hydroxylation sites is 1. The number of fused-ring (bicyclic) bond motifs is 3. The first-order valence-electron chi connectivity index (χ1n) is 10.4. The third-order valence-electron chi connectivity index (χ3n) is 5.53. The Hall–Kier alpha value is -2.86. The minimum absolute atomic E-state index is 0.0280. The number of aromatic nitrogens is 4. The Labute approximate surface area is 185 Å². The van der Waals surface area contributed by atoms with E-state index in [9.17, 15) is 14.9 Å². The van der Waals surface area contributed by atoms with Gasteiger partial charge in [-0.1, -0.05) is 51.6 Å². The van der Waals surface area contributed by atoms with Gasteiger partial charge in [0.05, 0.1) is 22.7 Å². The summed E-state index contributed by atoms with van der Waals surface area (Å²) < 4.78 is 3.49. The van der Waals surface area contributed by atoms with Crippen molar-refractivity contribution in [2.45, 2.75) is 58.3 Å². The van der Waals surface area contributed by atoms with E-state index in [2.05, 4.69) is 35.4 Å². The van der Waals surface area contributed by atoms with Crippen LogP contribution in [-0.4, -0.2) is 36.4 Å². The van der Waals surface area contributed by atoms with Gasteiger partial charge in [-0.15, -0.1) is 10.2 Å². The molecule has 0 aliphatic rings. The van der Waals surface area contributed by atoms with Crippen LogP contribution in [0.25, 0.3) is 16.7 Å². The number of carbonyl (C=O) groups is 1. The molecule has 164 valence electrons. The molecule has 1 aromatic carbocycles. The van der Waals surface area contributed by atoms with E-state index in [1.54, 1.807) is 17.6 Å². The largest absolute Gasteiger partial charge is 0.337 e. The molecule has 8 nitrogen and oxygen atoms in total. The van der Waals surface area contributed by atoms with Crippen LogP contribution in [0.4, 0.5) is 0 Å². The molecular formula is C22H28N6O2S. The lowest BCUT2D eigenvalue weighted by Crippen LogP contribution is -2.49. The number of nitrogens with zero attached hydrogens (tertiary/aromatic N) is 5. The summed E-state index contributed by atoms with van der Waals surface area (Å²) in [7, 11) is 0. The van der Waals surface area contributed by atoms with E-state index < -0.39 is 5.54 Å². The summed E-state index contributed by atoms with van der Waals surface area (Å²) in [5.74, 6) is 0.715. The smallest absolute Gasteiger partial charge is 0.262 e. The lowest BCUT2D eigenvalue weighted by atomic mass is 9.90. The molecule has 3 aromatic rings. The molecule has 1 N–H and O–H groups in total. The number of thioether (sulfide) groups is 1. The fourth-order valence-electron chi connectivity index (χ4n) is 3.17. The van der Waals surface area contributed by atoms with Gasteiger partial charge in [0.15, 0.2) is 5.16 Å². The van der Waals surface area contributed by atoms with Crippen LogP contribution < -0.4 is 10.9 Å². The molecule has 0 radical (unpaired) electrons. The predicted molar refractivity (Wildman–Crippen MR) is 122 cm³/mol. The molecule has 0 saturated carbocycles. The van der Waals surface area contributed by atoms with E-state index in [1.807, 2.05) is 36.4 Å². The summed E-state index contributed by atoms with van der Waals surface area (Å²) >= 11 is 1.23. The Kier molecular flexibility index (Phi) is 6.70. The number of aryl methyl sites for hydroxylation is 1. The number of hydrogen-bond acceptors (Lipinski definition) is 6. The Bertz CT molecular complexity index is 1210. The van der Waals surface area contributed by atoms with Gasteiger partial charge in [0.1, 0.15) is 5.54 Å². The van der Waals surface area contributed by atoms with Gasteiger partial charge in [-0.2, -0.15) is 5.26 Å². The number of amides is 1. The molecule has 0 bridgehead atoms. The summed E-state index contributed by atoms with van der Waals surface area (Å²) in [4.78, 5) is 25.6. The van der Waals surface area contributed by atoms with Crippen LogP contribution in [0.5, 0.6) is 0 Å². The zero-order chi connectivity index (χ0) is 22.8. The van der Waals surface area contributed by atoms with Crippen molar-refractivity contribution in [3.8, 4) is 6.07 Å². The number of carbonyl (C=O) groups excluding carboxylic acids is 1. The molecule has 1 atom stereocenters. The number of nitriles is 1. The summed E-state index contributed by atoms with van der Waals surface area (Å²) in [6.07, 6.45) is 0.841. The minimum Gasteiger partial charge on any atom is -0.337 e. The van der Waals surface area contributed by atoms with Gasteiger partial charge < -0.3 is 5.32 Å². The number of rotatable bonds is 8. The highest BCUT2D eigenvalue weighted by Gasteiger charge is 2.30. The van der Waals surface area contributed by atoms with Crippen molar-refractivity contribution in [1.82, 2.24) is 24.5 Å². The zero-order valence-electron chi connectivity index (χ0n) is 18.5. The molecule has 0 aliphatic carbocycles. The van der Waals surface area contributed by atoms with Gasteiger partial charge in [-0.05, 0) is 37.3 Å². The molecule has 9 heteroatoms. The predicted octanol–water partition coefficient (Wildman–Crippen LogP) is 3.24. The Morgan fingerprint density at radius 1 is 1.26 bits per heavy atom. The maximum absolute atomic E-state index is 13.1. The van der Waals surface area contributed by atoms with Crippen LogP contribution in [0, 0.1) is 23.2 Å². The molecule has 31 heavy (non-hydrogen) atoms. The van der Waals surface area contributed by atoms with E-state index in [0.29, 0.717) is 34.3 Å². The van der Waals surface area contributed by atoms with Crippen molar-refractivity contribution in [2.75, 3.05) is 5.75 Å². The molecule has 2 aromatic heterocycles. The van der Waals surface area contributed by atoms with E-state index in [-0.39, 0.29) is 23.1 Å². The average Bonchev–Trinajstić information content (AvgIpc) is 3.15. The van der Waals surface area contributed by atoms with Crippen LogP contribution >= 0.6 is 11.8 Å². The van der Waals surface area contributed by atoms with Crippen LogP contribution in [0.2, 0.25) is 0 Å². The third kappa shape index (κ3) is 4.59. The van der Waals surface area contributed by atoms with E-state index in [0.717, 1.165) is 6.42 Å². The SMILES string of the molecule is CC(C)CCn1c(=O)c2ccccc2n2c(SCC(=O)NC(C)(C#N)C(C)C)nnc12. The third-order valence-corrected chi connectivity index (χ3v) is 6.46. The fourth-order valence-corrected chi connectivity index (χ4v) is 3.91. The van der Waals surface area contributed by atoms with Gasteiger partial charge in [-0.3, -0.25) is 18.6 Å². The first kappa shape index (κ1) is 22.8. The van der Waals surface area contributed by atoms with Gasteiger partial charge in [0, 0.05) is 6.54 Å². The van der Waals surface area contributed by atoms with Gasteiger partial charge in [-0.25, -0.2) is 0 Å². The van der Waals surface area contributed by atoms with Crippen molar-refractivity contribution in [3.63, 3.8) is 0 Å². The molecule has 3 rings (SSSR count). The topological polar surface area (TPSA) is 105 Å². The lowest BCUT2D eigenvalue weighted by Gasteiger charge is -2.27.